The maximum Gasteiger partial charge on any atom is 0.168 e. The number of halogens is 2. The Bertz CT molecular complexity index is 577. The maximum atomic E-state index is 14.0. The van der Waals surface area contributed by atoms with Crippen molar-refractivity contribution in [2.45, 2.75) is 12.5 Å². The molecule has 0 aliphatic carbocycles. The molecule has 1 atom stereocenters. The van der Waals surface area contributed by atoms with Gasteiger partial charge in [0.2, 0.25) is 0 Å². The highest BCUT2D eigenvalue weighted by atomic mass is 79.9. The molecule has 2 N–H and O–H groups in total. The number of methoxy groups -OCH3 is 1. The van der Waals surface area contributed by atoms with Crippen molar-refractivity contribution in [3.05, 3.63) is 58.1 Å². The summed E-state index contributed by atoms with van der Waals surface area (Å²) in [5, 5.41) is 0. The van der Waals surface area contributed by atoms with Gasteiger partial charge in [-0.1, -0.05) is 12.1 Å². The first-order valence-electron chi connectivity index (χ1n) is 5.81. The van der Waals surface area contributed by atoms with Crippen LogP contribution >= 0.6 is 15.9 Å². The third-order valence-corrected chi connectivity index (χ3v) is 3.51. The van der Waals surface area contributed by atoms with Gasteiger partial charge in [0.15, 0.2) is 11.6 Å². The Morgan fingerprint density at radius 3 is 2.84 bits per heavy atom. The first kappa shape index (κ1) is 14.0. The van der Waals surface area contributed by atoms with Crippen LogP contribution in [0.25, 0.3) is 0 Å². The number of nitrogens with two attached hydrogens (primary N) is 1. The second-order valence-corrected chi connectivity index (χ2v) is 4.97. The van der Waals surface area contributed by atoms with Gasteiger partial charge in [-0.15, -0.1) is 0 Å². The Morgan fingerprint density at radius 2 is 2.16 bits per heavy atom. The van der Waals surface area contributed by atoms with Gasteiger partial charge in [-0.25, -0.2) is 4.39 Å². The van der Waals surface area contributed by atoms with E-state index in [0.29, 0.717) is 17.7 Å². The number of nitrogens with zero attached hydrogens (tertiary/aromatic N) is 1. The van der Waals surface area contributed by atoms with Crippen molar-refractivity contribution in [1.29, 1.82) is 0 Å². The lowest BCUT2D eigenvalue weighted by atomic mass is 10.0. The molecule has 1 unspecified atom stereocenters. The molecule has 0 amide bonds. The van der Waals surface area contributed by atoms with Gasteiger partial charge >= 0.3 is 0 Å². The van der Waals surface area contributed by atoms with Crippen molar-refractivity contribution < 1.29 is 9.13 Å². The Labute approximate surface area is 119 Å². The molecule has 1 aromatic heterocycles. The van der Waals surface area contributed by atoms with E-state index in [4.69, 9.17) is 10.5 Å². The van der Waals surface area contributed by atoms with E-state index in [0.717, 1.165) is 4.47 Å². The molecule has 0 radical (unpaired) electrons. The van der Waals surface area contributed by atoms with Crippen LogP contribution in [0.4, 0.5) is 4.39 Å². The number of hydrogen-bond donors (Lipinski definition) is 1. The Morgan fingerprint density at radius 1 is 1.37 bits per heavy atom. The van der Waals surface area contributed by atoms with Crippen molar-refractivity contribution in [3.63, 3.8) is 0 Å². The number of pyridine rings is 1. The minimum Gasteiger partial charge on any atom is -0.494 e. The summed E-state index contributed by atoms with van der Waals surface area (Å²) in [7, 11) is 1.44. The molecular formula is C14H14BrFN2O. The van der Waals surface area contributed by atoms with E-state index in [9.17, 15) is 4.39 Å². The third kappa shape index (κ3) is 3.11. The second-order valence-electron chi connectivity index (χ2n) is 4.11. The highest BCUT2D eigenvalue weighted by Gasteiger charge is 2.16. The quantitative estimate of drug-likeness (QED) is 0.939. The molecule has 2 rings (SSSR count). The fourth-order valence-electron chi connectivity index (χ4n) is 1.88. The monoisotopic (exact) mass is 324 g/mol. The second kappa shape index (κ2) is 6.12. The summed E-state index contributed by atoms with van der Waals surface area (Å²) in [5.41, 5.74) is 7.32. The van der Waals surface area contributed by atoms with Crippen LogP contribution < -0.4 is 10.5 Å². The van der Waals surface area contributed by atoms with Crippen LogP contribution in [-0.2, 0) is 6.42 Å². The number of hydrogen-bond acceptors (Lipinski definition) is 3. The highest BCUT2D eigenvalue weighted by Crippen LogP contribution is 2.26. The predicted octanol–water partition coefficient (Wildman–Crippen LogP) is 3.23. The average Bonchev–Trinajstić information content (AvgIpc) is 2.41. The van der Waals surface area contributed by atoms with Gasteiger partial charge in [-0.3, -0.25) is 4.98 Å². The van der Waals surface area contributed by atoms with E-state index in [2.05, 4.69) is 20.9 Å². The average molecular weight is 325 g/mol. The smallest absolute Gasteiger partial charge is 0.168 e. The van der Waals surface area contributed by atoms with E-state index < -0.39 is 0 Å². The topological polar surface area (TPSA) is 48.1 Å². The van der Waals surface area contributed by atoms with Crippen LogP contribution in [0, 0.1) is 5.82 Å². The lowest BCUT2D eigenvalue weighted by Gasteiger charge is -2.14. The summed E-state index contributed by atoms with van der Waals surface area (Å²) < 4.78 is 19.8. The zero-order chi connectivity index (χ0) is 13.8. The molecule has 0 aliphatic rings. The molecule has 100 valence electrons. The van der Waals surface area contributed by atoms with Crippen molar-refractivity contribution in [2.24, 2.45) is 5.73 Å². The molecule has 0 saturated heterocycles. The summed E-state index contributed by atoms with van der Waals surface area (Å²) >= 11 is 3.40. The molecule has 1 heterocycles. The summed E-state index contributed by atoms with van der Waals surface area (Å²) in [6.45, 7) is 0. The van der Waals surface area contributed by atoms with Gasteiger partial charge in [-0.05, 0) is 46.1 Å². The van der Waals surface area contributed by atoms with Gasteiger partial charge < -0.3 is 10.5 Å². The van der Waals surface area contributed by atoms with Gasteiger partial charge in [0.1, 0.15) is 0 Å². The zero-order valence-electron chi connectivity index (χ0n) is 10.4. The van der Waals surface area contributed by atoms with Crippen LogP contribution in [0.1, 0.15) is 17.3 Å². The Kier molecular flexibility index (Phi) is 4.50. The standard InChI is InChI=1S/C14H14BrFN2O/c1-19-12-6-2-4-9(13(12)16)8-11(17)14-10(15)5-3-7-18-14/h2-7,11H,8,17H2,1H3. The number of aromatic nitrogens is 1. The molecule has 0 fully saturated rings. The Balaban J connectivity index is 2.24. The highest BCUT2D eigenvalue weighted by molar-refractivity contribution is 9.10. The summed E-state index contributed by atoms with van der Waals surface area (Å²) in [4.78, 5) is 4.22. The van der Waals surface area contributed by atoms with E-state index in [1.165, 1.54) is 7.11 Å². The number of benzene rings is 1. The normalized spacial score (nSPS) is 12.2. The van der Waals surface area contributed by atoms with Crippen molar-refractivity contribution >= 4 is 15.9 Å². The molecule has 5 heteroatoms. The Hall–Kier alpha value is -1.46. The summed E-state index contributed by atoms with van der Waals surface area (Å²) in [5.74, 6) is -0.141. The molecule has 1 aromatic carbocycles. The van der Waals surface area contributed by atoms with Crippen LogP contribution in [0.15, 0.2) is 41.0 Å². The predicted molar refractivity (Wildman–Crippen MR) is 75.5 cm³/mol. The molecule has 0 saturated carbocycles. The molecule has 19 heavy (non-hydrogen) atoms. The van der Waals surface area contributed by atoms with E-state index in [1.54, 1.807) is 24.4 Å². The van der Waals surface area contributed by atoms with Crippen molar-refractivity contribution in [3.8, 4) is 5.75 Å². The first-order chi connectivity index (χ1) is 9.13. The molecule has 3 nitrogen and oxygen atoms in total. The van der Waals surface area contributed by atoms with Crippen LogP contribution in [0.3, 0.4) is 0 Å². The molecular weight excluding hydrogens is 311 g/mol. The maximum absolute atomic E-state index is 14.0. The van der Waals surface area contributed by atoms with Gasteiger partial charge in [0.25, 0.3) is 0 Å². The van der Waals surface area contributed by atoms with E-state index >= 15 is 0 Å². The molecule has 2 aromatic rings. The first-order valence-corrected chi connectivity index (χ1v) is 6.60. The van der Waals surface area contributed by atoms with Crippen molar-refractivity contribution in [1.82, 2.24) is 4.98 Å². The lowest BCUT2D eigenvalue weighted by Crippen LogP contribution is -2.16. The van der Waals surface area contributed by atoms with E-state index in [-0.39, 0.29) is 17.6 Å². The third-order valence-electron chi connectivity index (χ3n) is 2.84. The fourth-order valence-corrected chi connectivity index (χ4v) is 2.42. The van der Waals surface area contributed by atoms with E-state index in [1.807, 2.05) is 12.1 Å². The van der Waals surface area contributed by atoms with Crippen LogP contribution in [-0.4, -0.2) is 12.1 Å². The fraction of sp³-hybridized carbons (Fsp3) is 0.214. The van der Waals surface area contributed by atoms with Gasteiger partial charge in [-0.2, -0.15) is 0 Å². The van der Waals surface area contributed by atoms with Gasteiger partial charge in [0, 0.05) is 10.7 Å². The minimum absolute atomic E-state index is 0.227. The SMILES string of the molecule is COc1cccc(CC(N)c2ncccc2Br)c1F. The van der Waals surface area contributed by atoms with Gasteiger partial charge in [0.05, 0.1) is 18.8 Å². The van der Waals surface area contributed by atoms with Crippen LogP contribution in [0.2, 0.25) is 0 Å². The number of ether oxygens (including phenoxy) is 1. The number of rotatable bonds is 4. The zero-order valence-corrected chi connectivity index (χ0v) is 12.0. The summed E-state index contributed by atoms with van der Waals surface area (Å²) in [6, 6.07) is 8.33. The summed E-state index contributed by atoms with van der Waals surface area (Å²) in [6.07, 6.45) is 2.03. The largest absolute Gasteiger partial charge is 0.494 e. The van der Waals surface area contributed by atoms with Crippen LogP contribution in [0.5, 0.6) is 5.75 Å². The molecule has 0 spiro atoms. The lowest BCUT2D eigenvalue weighted by molar-refractivity contribution is 0.383. The minimum atomic E-state index is -0.378. The molecule has 0 aliphatic heterocycles. The molecule has 0 bridgehead atoms. The van der Waals surface area contributed by atoms with Crippen molar-refractivity contribution in [2.75, 3.05) is 7.11 Å².